The molecule has 2 saturated heterocycles. The van der Waals surface area contributed by atoms with Gasteiger partial charge >= 0.3 is 6.09 Å². The second kappa shape index (κ2) is 8.49. The molecule has 2 aliphatic rings. The zero-order valence-electron chi connectivity index (χ0n) is 18.6. The highest BCUT2D eigenvalue weighted by Gasteiger charge is 2.47. The van der Waals surface area contributed by atoms with Gasteiger partial charge in [0.2, 0.25) is 0 Å². The Balaban J connectivity index is 1.84. The fraction of sp³-hybridized carbons (Fsp3) is 0.682. The number of ether oxygens (including phenoxy) is 1. The molecule has 3 rings (SSSR count). The molecule has 2 atom stereocenters. The molecule has 0 spiro atoms. The molecule has 0 radical (unpaired) electrons. The lowest BCUT2D eigenvalue weighted by atomic mass is 9.99. The van der Waals surface area contributed by atoms with Crippen molar-refractivity contribution in [1.29, 1.82) is 0 Å². The minimum atomic E-state index is -1.19. The fourth-order valence-corrected chi connectivity index (χ4v) is 4.14. The molecule has 2 aliphatic heterocycles. The van der Waals surface area contributed by atoms with Crippen molar-refractivity contribution >= 4 is 11.8 Å². The Morgan fingerprint density at radius 1 is 1.30 bits per heavy atom. The smallest absolute Gasteiger partial charge is 0.411 e. The van der Waals surface area contributed by atoms with E-state index in [2.05, 4.69) is 10.3 Å². The predicted octanol–water partition coefficient (Wildman–Crippen LogP) is 5.13. The van der Waals surface area contributed by atoms with Gasteiger partial charge in [0.1, 0.15) is 17.4 Å². The van der Waals surface area contributed by atoms with Gasteiger partial charge in [-0.05, 0) is 66.4 Å². The standard InChI is InChI=1S/C22H33FN4O3/c1-21(2,3)30-20(29)27-17(11-12-22(27,4)5)19(28)15-9-8-10-16(18(15)23)24-25-26-13-6-7-14-26/h8-10,17,19,28H,6-7,11-14H2,1-5H3/b25-24+/t17-,19-/m1/s1. The largest absolute Gasteiger partial charge is 0.444 e. The van der Waals surface area contributed by atoms with E-state index < -0.39 is 35.2 Å². The van der Waals surface area contributed by atoms with E-state index in [0.29, 0.717) is 12.8 Å². The third-order valence-electron chi connectivity index (χ3n) is 5.68. The van der Waals surface area contributed by atoms with Gasteiger partial charge in [-0.15, -0.1) is 5.11 Å². The highest BCUT2D eigenvalue weighted by Crippen LogP contribution is 2.41. The van der Waals surface area contributed by atoms with E-state index in [1.165, 1.54) is 12.1 Å². The van der Waals surface area contributed by atoms with Crippen LogP contribution in [0.4, 0.5) is 14.9 Å². The van der Waals surface area contributed by atoms with E-state index in [9.17, 15) is 9.90 Å². The molecule has 166 valence electrons. The summed E-state index contributed by atoms with van der Waals surface area (Å²) in [7, 11) is 0. The summed E-state index contributed by atoms with van der Waals surface area (Å²) >= 11 is 0. The first-order valence-electron chi connectivity index (χ1n) is 10.6. The van der Waals surface area contributed by atoms with Crippen molar-refractivity contribution in [3.8, 4) is 0 Å². The third kappa shape index (κ3) is 4.91. The zero-order valence-corrected chi connectivity index (χ0v) is 18.6. The van der Waals surface area contributed by atoms with Gasteiger partial charge in [0, 0.05) is 24.2 Å². The van der Waals surface area contributed by atoms with Crippen molar-refractivity contribution < 1.29 is 19.0 Å². The first-order chi connectivity index (χ1) is 14.0. The topological polar surface area (TPSA) is 77.7 Å². The lowest BCUT2D eigenvalue weighted by Crippen LogP contribution is -2.50. The summed E-state index contributed by atoms with van der Waals surface area (Å²) in [5, 5.41) is 21.1. The second-order valence-electron chi connectivity index (χ2n) is 9.74. The molecule has 1 amide bonds. The van der Waals surface area contributed by atoms with Gasteiger partial charge in [-0.1, -0.05) is 17.4 Å². The summed E-state index contributed by atoms with van der Waals surface area (Å²) in [6.45, 7) is 10.9. The molecule has 1 N–H and O–H groups in total. The Labute approximate surface area is 177 Å². The van der Waals surface area contributed by atoms with Crippen molar-refractivity contribution in [3.05, 3.63) is 29.6 Å². The number of carbonyl (C=O) groups excluding carboxylic acids is 1. The minimum Gasteiger partial charge on any atom is -0.444 e. The summed E-state index contributed by atoms with van der Waals surface area (Å²) < 4.78 is 20.7. The molecule has 1 aromatic carbocycles. The van der Waals surface area contributed by atoms with Crippen LogP contribution in [0.15, 0.2) is 28.5 Å². The predicted molar refractivity (Wildman–Crippen MR) is 112 cm³/mol. The lowest BCUT2D eigenvalue weighted by molar-refractivity contribution is -0.0172. The number of aliphatic hydroxyl groups is 1. The molecular weight excluding hydrogens is 387 g/mol. The van der Waals surface area contributed by atoms with Crippen LogP contribution >= 0.6 is 0 Å². The van der Waals surface area contributed by atoms with E-state index in [1.54, 1.807) is 31.7 Å². The van der Waals surface area contributed by atoms with Gasteiger partial charge in [0.25, 0.3) is 0 Å². The van der Waals surface area contributed by atoms with Crippen LogP contribution in [0.2, 0.25) is 0 Å². The number of benzene rings is 1. The quantitative estimate of drug-likeness (QED) is 0.685. The van der Waals surface area contributed by atoms with Crippen molar-refractivity contribution in [1.82, 2.24) is 9.91 Å². The maximum Gasteiger partial charge on any atom is 0.411 e. The Morgan fingerprint density at radius 2 is 1.97 bits per heavy atom. The minimum absolute atomic E-state index is 0.0829. The van der Waals surface area contributed by atoms with Crippen LogP contribution in [0.1, 0.15) is 72.0 Å². The van der Waals surface area contributed by atoms with E-state index >= 15 is 4.39 Å². The summed E-state index contributed by atoms with van der Waals surface area (Å²) in [4.78, 5) is 14.4. The first-order valence-corrected chi connectivity index (χ1v) is 10.6. The zero-order chi connectivity index (χ0) is 22.1. The lowest BCUT2D eigenvalue weighted by Gasteiger charge is -2.38. The first kappa shape index (κ1) is 22.5. The molecule has 0 bridgehead atoms. The molecule has 0 saturated carbocycles. The number of halogens is 1. The molecule has 0 unspecified atom stereocenters. The number of hydrogen-bond donors (Lipinski definition) is 1. The van der Waals surface area contributed by atoms with E-state index in [1.807, 2.05) is 18.9 Å². The second-order valence-corrected chi connectivity index (χ2v) is 9.74. The number of hydrogen-bond acceptors (Lipinski definition) is 5. The molecule has 30 heavy (non-hydrogen) atoms. The van der Waals surface area contributed by atoms with Crippen molar-refractivity contribution in [2.75, 3.05) is 13.1 Å². The van der Waals surface area contributed by atoms with Gasteiger partial charge in [0.15, 0.2) is 5.82 Å². The fourth-order valence-electron chi connectivity index (χ4n) is 4.14. The Hall–Kier alpha value is -2.22. The SMILES string of the molecule is CC(C)(C)OC(=O)N1[C@@H]([C@H](O)c2cccc(/N=N/N3CCCC3)c2F)CCC1(C)C. The van der Waals surface area contributed by atoms with E-state index in [0.717, 1.165) is 25.9 Å². The number of rotatable bonds is 4. The van der Waals surface area contributed by atoms with Crippen LogP contribution in [0.25, 0.3) is 0 Å². The van der Waals surface area contributed by atoms with Gasteiger partial charge < -0.3 is 9.84 Å². The summed E-state index contributed by atoms with van der Waals surface area (Å²) in [6, 6.07) is 4.14. The van der Waals surface area contributed by atoms with Crippen molar-refractivity contribution in [2.24, 2.45) is 10.3 Å². The van der Waals surface area contributed by atoms with Gasteiger partial charge in [-0.25, -0.2) is 9.18 Å². The van der Waals surface area contributed by atoms with Crippen LogP contribution in [0, 0.1) is 5.82 Å². The number of amides is 1. The molecule has 8 heteroatoms. The van der Waals surface area contributed by atoms with Gasteiger partial charge in [-0.2, -0.15) is 0 Å². The molecular formula is C22H33FN4O3. The van der Waals surface area contributed by atoms with Crippen LogP contribution < -0.4 is 0 Å². The maximum absolute atomic E-state index is 15.2. The van der Waals surface area contributed by atoms with Crippen molar-refractivity contribution in [2.45, 2.75) is 83.6 Å². The van der Waals surface area contributed by atoms with E-state index in [-0.39, 0.29) is 11.3 Å². The molecule has 1 aromatic rings. The normalized spacial score (nSPS) is 22.7. The van der Waals surface area contributed by atoms with Crippen LogP contribution in [0.3, 0.4) is 0 Å². The van der Waals surface area contributed by atoms with Gasteiger partial charge in [0.05, 0.1) is 6.04 Å². The van der Waals surface area contributed by atoms with Crippen LogP contribution in [-0.4, -0.2) is 51.4 Å². The molecule has 2 heterocycles. The molecule has 7 nitrogen and oxygen atoms in total. The highest BCUT2D eigenvalue weighted by atomic mass is 19.1. The van der Waals surface area contributed by atoms with Crippen LogP contribution in [-0.2, 0) is 4.74 Å². The Morgan fingerprint density at radius 3 is 2.60 bits per heavy atom. The third-order valence-corrected chi connectivity index (χ3v) is 5.68. The molecule has 0 aliphatic carbocycles. The Kier molecular flexibility index (Phi) is 6.36. The van der Waals surface area contributed by atoms with Crippen molar-refractivity contribution in [3.63, 3.8) is 0 Å². The van der Waals surface area contributed by atoms with Crippen LogP contribution in [0.5, 0.6) is 0 Å². The average molecular weight is 421 g/mol. The van der Waals surface area contributed by atoms with E-state index in [4.69, 9.17) is 4.74 Å². The monoisotopic (exact) mass is 420 g/mol. The number of aliphatic hydroxyl groups excluding tert-OH is 1. The summed E-state index contributed by atoms with van der Waals surface area (Å²) in [5.74, 6) is -0.609. The Bertz CT molecular complexity index is 800. The van der Waals surface area contributed by atoms with Gasteiger partial charge in [-0.3, -0.25) is 9.91 Å². The summed E-state index contributed by atoms with van der Waals surface area (Å²) in [5.41, 5.74) is -0.965. The number of nitrogens with zero attached hydrogens (tertiary/aromatic N) is 4. The maximum atomic E-state index is 15.2. The number of likely N-dealkylation sites (tertiary alicyclic amines) is 1. The average Bonchev–Trinajstić information content (AvgIpc) is 3.26. The highest BCUT2D eigenvalue weighted by molar-refractivity contribution is 5.70. The summed E-state index contributed by atoms with van der Waals surface area (Å²) in [6.07, 6.45) is 1.65. The molecule has 2 fully saturated rings. The molecule has 0 aromatic heterocycles. The number of carbonyl (C=O) groups is 1.